The molecule has 7 heteroatoms. The molecule has 0 radical (unpaired) electrons. The fourth-order valence-corrected chi connectivity index (χ4v) is 2.35. The van der Waals surface area contributed by atoms with E-state index in [1.807, 2.05) is 11.0 Å². The molecule has 102 valence electrons. The molecule has 0 N–H and O–H groups in total. The number of nitriles is 1. The third kappa shape index (κ3) is 2.21. The van der Waals surface area contributed by atoms with Gasteiger partial charge in [0.25, 0.3) is 5.91 Å². The number of nitrogens with zero attached hydrogens (tertiary/aromatic N) is 6. The number of imidazole rings is 1. The first-order valence-electron chi connectivity index (χ1n) is 6.47. The van der Waals surface area contributed by atoms with Crippen molar-refractivity contribution < 1.29 is 4.79 Å². The first kappa shape index (κ1) is 12.6. The molecule has 2 aromatic rings. The predicted octanol–water partition coefficient (Wildman–Crippen LogP) is 0.0107. The van der Waals surface area contributed by atoms with Crippen LogP contribution in [-0.4, -0.2) is 63.0 Å². The van der Waals surface area contributed by atoms with Gasteiger partial charge in [-0.1, -0.05) is 0 Å². The molecule has 1 aliphatic heterocycles. The maximum absolute atomic E-state index is 12.5. The molecule has 20 heavy (non-hydrogen) atoms. The van der Waals surface area contributed by atoms with Crippen molar-refractivity contribution in [1.82, 2.24) is 24.4 Å². The first-order chi connectivity index (χ1) is 9.79. The van der Waals surface area contributed by atoms with E-state index in [1.54, 1.807) is 27.9 Å². The zero-order valence-electron chi connectivity index (χ0n) is 10.9. The summed E-state index contributed by atoms with van der Waals surface area (Å²) in [5, 5.41) is 12.8. The van der Waals surface area contributed by atoms with Crippen LogP contribution in [0.15, 0.2) is 24.5 Å². The van der Waals surface area contributed by atoms with Crippen molar-refractivity contribution in [3.8, 4) is 6.07 Å². The fraction of sp³-hybridized carbons (Fsp3) is 0.385. The van der Waals surface area contributed by atoms with E-state index in [9.17, 15) is 4.79 Å². The summed E-state index contributed by atoms with van der Waals surface area (Å²) in [7, 11) is 0. The Morgan fingerprint density at radius 2 is 2.15 bits per heavy atom. The molecule has 0 aromatic carbocycles. The van der Waals surface area contributed by atoms with Gasteiger partial charge in [0.1, 0.15) is 0 Å². The average Bonchev–Trinajstić information content (AvgIpc) is 2.92. The van der Waals surface area contributed by atoms with Crippen molar-refractivity contribution in [1.29, 1.82) is 5.26 Å². The highest BCUT2D eigenvalue weighted by Crippen LogP contribution is 2.10. The van der Waals surface area contributed by atoms with Crippen molar-refractivity contribution in [3.05, 3.63) is 30.2 Å². The molecular formula is C13H14N6O. The number of rotatable bonds is 2. The minimum absolute atomic E-state index is 0.0622. The Labute approximate surface area is 116 Å². The van der Waals surface area contributed by atoms with Crippen molar-refractivity contribution >= 4 is 11.6 Å². The molecule has 3 heterocycles. The second-order valence-electron chi connectivity index (χ2n) is 4.66. The molecule has 3 rings (SSSR count). The van der Waals surface area contributed by atoms with Gasteiger partial charge in [0.05, 0.1) is 18.8 Å². The SMILES string of the molecule is N#CCN1CCN(C(=O)c2cnc3cccnn23)CC1. The summed E-state index contributed by atoms with van der Waals surface area (Å²) in [6.07, 6.45) is 3.20. The zero-order chi connectivity index (χ0) is 13.9. The number of piperazine rings is 1. The van der Waals surface area contributed by atoms with E-state index in [-0.39, 0.29) is 5.91 Å². The minimum Gasteiger partial charge on any atom is -0.335 e. The first-order valence-corrected chi connectivity index (χ1v) is 6.47. The van der Waals surface area contributed by atoms with Crippen LogP contribution in [0, 0.1) is 11.3 Å². The van der Waals surface area contributed by atoms with Gasteiger partial charge in [-0.15, -0.1) is 0 Å². The van der Waals surface area contributed by atoms with E-state index in [1.165, 1.54) is 0 Å². The van der Waals surface area contributed by atoms with Crippen LogP contribution in [0.3, 0.4) is 0 Å². The van der Waals surface area contributed by atoms with Crippen molar-refractivity contribution in [2.75, 3.05) is 32.7 Å². The molecular weight excluding hydrogens is 256 g/mol. The van der Waals surface area contributed by atoms with Gasteiger partial charge in [-0.3, -0.25) is 9.69 Å². The Hall–Kier alpha value is -2.46. The van der Waals surface area contributed by atoms with E-state index in [4.69, 9.17) is 5.26 Å². The van der Waals surface area contributed by atoms with Gasteiger partial charge in [-0.25, -0.2) is 9.50 Å². The quantitative estimate of drug-likeness (QED) is 0.718. The Morgan fingerprint density at radius 1 is 1.35 bits per heavy atom. The Bertz CT molecular complexity index is 665. The van der Waals surface area contributed by atoms with Crippen molar-refractivity contribution in [3.63, 3.8) is 0 Å². The van der Waals surface area contributed by atoms with Crippen molar-refractivity contribution in [2.24, 2.45) is 0 Å². The lowest BCUT2D eigenvalue weighted by Gasteiger charge is -2.33. The molecule has 7 nitrogen and oxygen atoms in total. The van der Waals surface area contributed by atoms with Gasteiger partial charge >= 0.3 is 0 Å². The molecule has 0 unspecified atom stereocenters. The van der Waals surface area contributed by atoms with Crippen LogP contribution in [0.5, 0.6) is 0 Å². The average molecular weight is 270 g/mol. The van der Waals surface area contributed by atoms with Gasteiger partial charge in [0, 0.05) is 32.4 Å². The summed E-state index contributed by atoms with van der Waals surface area (Å²) in [5.41, 5.74) is 1.15. The lowest BCUT2D eigenvalue weighted by atomic mass is 10.3. The Balaban J connectivity index is 1.76. The molecule has 0 aliphatic carbocycles. The predicted molar refractivity (Wildman–Crippen MR) is 70.9 cm³/mol. The van der Waals surface area contributed by atoms with Crippen LogP contribution in [0.25, 0.3) is 5.65 Å². The van der Waals surface area contributed by atoms with Crippen molar-refractivity contribution in [2.45, 2.75) is 0 Å². The molecule has 1 fully saturated rings. The van der Waals surface area contributed by atoms with Crippen LogP contribution >= 0.6 is 0 Å². The van der Waals surface area contributed by atoms with Crippen LogP contribution in [0.1, 0.15) is 10.5 Å². The molecule has 0 saturated carbocycles. The molecule has 2 aromatic heterocycles. The minimum atomic E-state index is -0.0622. The largest absolute Gasteiger partial charge is 0.335 e. The highest BCUT2D eigenvalue weighted by molar-refractivity contribution is 5.93. The monoisotopic (exact) mass is 270 g/mol. The van der Waals surface area contributed by atoms with Gasteiger partial charge in [0.15, 0.2) is 11.3 Å². The molecule has 0 atom stereocenters. The summed E-state index contributed by atoms with van der Waals surface area (Å²) < 4.78 is 1.56. The van der Waals surface area contributed by atoms with Gasteiger partial charge in [0.2, 0.25) is 0 Å². The summed E-state index contributed by atoms with van der Waals surface area (Å²) in [4.78, 5) is 20.5. The Kier molecular flexibility index (Phi) is 3.31. The second kappa shape index (κ2) is 5.27. The zero-order valence-corrected chi connectivity index (χ0v) is 10.9. The molecule has 0 spiro atoms. The molecule has 1 saturated heterocycles. The topological polar surface area (TPSA) is 77.5 Å². The van der Waals surface area contributed by atoms with E-state index in [0.29, 0.717) is 31.0 Å². The van der Waals surface area contributed by atoms with Gasteiger partial charge < -0.3 is 4.90 Å². The highest BCUT2D eigenvalue weighted by Gasteiger charge is 2.24. The normalized spacial score (nSPS) is 16.2. The highest BCUT2D eigenvalue weighted by atomic mass is 16.2. The van der Waals surface area contributed by atoms with Crippen LogP contribution in [0.4, 0.5) is 0 Å². The number of fused-ring (bicyclic) bond motifs is 1. The van der Waals surface area contributed by atoms with Gasteiger partial charge in [-0.05, 0) is 12.1 Å². The lowest BCUT2D eigenvalue weighted by molar-refractivity contribution is 0.0643. The lowest BCUT2D eigenvalue weighted by Crippen LogP contribution is -2.48. The number of carbonyl (C=O) groups is 1. The smallest absolute Gasteiger partial charge is 0.274 e. The summed E-state index contributed by atoms with van der Waals surface area (Å²) in [5.74, 6) is -0.0622. The fourth-order valence-electron chi connectivity index (χ4n) is 2.35. The van der Waals surface area contributed by atoms with Crippen LogP contribution in [0.2, 0.25) is 0 Å². The number of amides is 1. The molecule has 1 aliphatic rings. The van der Waals surface area contributed by atoms with Gasteiger partial charge in [-0.2, -0.15) is 10.4 Å². The number of aromatic nitrogens is 3. The maximum Gasteiger partial charge on any atom is 0.274 e. The summed E-state index contributed by atoms with van der Waals surface area (Å²) >= 11 is 0. The van der Waals surface area contributed by atoms with E-state index < -0.39 is 0 Å². The third-order valence-corrected chi connectivity index (χ3v) is 3.45. The molecule has 0 bridgehead atoms. The van der Waals surface area contributed by atoms with E-state index >= 15 is 0 Å². The summed E-state index contributed by atoms with van der Waals surface area (Å²) in [6.45, 7) is 3.12. The van der Waals surface area contributed by atoms with Crippen LogP contribution in [-0.2, 0) is 0 Å². The van der Waals surface area contributed by atoms with Crippen LogP contribution < -0.4 is 0 Å². The standard InChI is InChI=1S/C13H14N6O/c14-3-5-17-6-8-18(9-7-17)13(20)11-10-15-12-2-1-4-16-19(11)12/h1-2,4,10H,5-9H2. The third-order valence-electron chi connectivity index (χ3n) is 3.45. The Morgan fingerprint density at radius 3 is 2.90 bits per heavy atom. The number of hydrogen-bond donors (Lipinski definition) is 0. The second-order valence-corrected chi connectivity index (χ2v) is 4.66. The van der Waals surface area contributed by atoms with E-state index in [0.717, 1.165) is 13.1 Å². The number of carbonyl (C=O) groups excluding carboxylic acids is 1. The summed E-state index contributed by atoms with van der Waals surface area (Å²) in [6, 6.07) is 5.73. The maximum atomic E-state index is 12.5. The number of hydrogen-bond acceptors (Lipinski definition) is 5. The molecule has 1 amide bonds. The van der Waals surface area contributed by atoms with E-state index in [2.05, 4.69) is 16.2 Å².